The molecule has 3 heterocycles. The summed E-state index contributed by atoms with van der Waals surface area (Å²) in [5.41, 5.74) is 9.38. The maximum absolute atomic E-state index is 14.9. The Morgan fingerprint density at radius 2 is 1.79 bits per heavy atom. The summed E-state index contributed by atoms with van der Waals surface area (Å²) < 4.78 is 31.7. The normalized spacial score (nSPS) is 16.9. The number of nitrogens with zero attached hydrogens (tertiary/aromatic N) is 3. The van der Waals surface area contributed by atoms with Crippen LogP contribution in [0.25, 0.3) is 11.0 Å². The first-order valence-electron chi connectivity index (χ1n) is 13.7. The van der Waals surface area contributed by atoms with Crippen LogP contribution in [0.2, 0.25) is 0 Å². The summed E-state index contributed by atoms with van der Waals surface area (Å²) in [5.74, 6) is -1.49. The molecule has 1 aromatic heterocycles. The number of halogens is 1. The van der Waals surface area contributed by atoms with Crippen LogP contribution in [0.5, 0.6) is 0 Å². The van der Waals surface area contributed by atoms with Crippen molar-refractivity contribution in [1.29, 1.82) is 5.41 Å². The summed E-state index contributed by atoms with van der Waals surface area (Å²) >= 11 is 0. The number of nitrogens with two attached hydrogens (primary N) is 1. The SMILES string of the molecule is CC.N=C(O/C(N)=N/C1N=C(c2ccccc2)c2ccccc2NC1=O)c1oc2cccc(F)c2c1N1CCOCC1. The highest BCUT2D eigenvalue weighted by atomic mass is 19.1. The number of hydrogen-bond donors (Lipinski definition) is 3. The molecule has 42 heavy (non-hydrogen) atoms. The van der Waals surface area contributed by atoms with Crippen molar-refractivity contribution < 1.29 is 23.1 Å². The van der Waals surface area contributed by atoms with E-state index >= 15 is 0 Å². The minimum atomic E-state index is -1.29. The van der Waals surface area contributed by atoms with Crippen LogP contribution in [0, 0.1) is 11.2 Å². The lowest BCUT2D eigenvalue weighted by molar-refractivity contribution is -0.117. The molecule has 1 atom stereocenters. The molecule has 0 bridgehead atoms. The molecule has 1 saturated heterocycles. The van der Waals surface area contributed by atoms with Gasteiger partial charge in [0.05, 0.1) is 30.0 Å². The first-order valence-corrected chi connectivity index (χ1v) is 13.7. The van der Waals surface area contributed by atoms with E-state index in [2.05, 4.69) is 15.3 Å². The number of amides is 1. The Balaban J connectivity index is 0.00000173. The van der Waals surface area contributed by atoms with Gasteiger partial charge >= 0.3 is 0 Å². The van der Waals surface area contributed by atoms with Crippen molar-refractivity contribution in [3.63, 3.8) is 0 Å². The maximum atomic E-state index is 14.9. The fraction of sp³-hybridized carbons (Fsp3) is 0.226. The summed E-state index contributed by atoms with van der Waals surface area (Å²) in [6, 6.07) is 20.7. The van der Waals surface area contributed by atoms with Crippen molar-refractivity contribution >= 4 is 45.9 Å². The summed E-state index contributed by atoms with van der Waals surface area (Å²) in [7, 11) is 0. The maximum Gasteiger partial charge on any atom is 0.291 e. The molecule has 0 aliphatic carbocycles. The number of carbonyl (C=O) groups is 1. The minimum absolute atomic E-state index is 0.00801. The van der Waals surface area contributed by atoms with E-state index in [4.69, 9.17) is 25.0 Å². The molecule has 2 aliphatic heterocycles. The number of anilines is 2. The van der Waals surface area contributed by atoms with Crippen LogP contribution >= 0.6 is 0 Å². The number of morpholine rings is 1. The smallest absolute Gasteiger partial charge is 0.291 e. The first kappa shape index (κ1) is 28.5. The van der Waals surface area contributed by atoms with Gasteiger partial charge in [-0.3, -0.25) is 10.2 Å². The van der Waals surface area contributed by atoms with Crippen molar-refractivity contribution in [3.8, 4) is 0 Å². The number of carbonyl (C=O) groups excluding carboxylic acids is 1. The molecule has 0 spiro atoms. The van der Waals surface area contributed by atoms with Gasteiger partial charge in [0.25, 0.3) is 17.8 Å². The molecular weight excluding hydrogens is 539 g/mol. The second kappa shape index (κ2) is 12.6. The van der Waals surface area contributed by atoms with E-state index in [0.29, 0.717) is 43.4 Å². The standard InChI is InChI=1S/C29H25FN6O4.C2H6/c30-19-10-6-12-21-22(19)24(36-13-15-38-16-14-36)25(39-21)26(31)40-29(32)35-27-28(37)33-20-11-5-4-9-18(20)23(34-27)17-7-2-1-3-8-17;1-2/h1-12,27,31H,13-16H2,(H2,32,35)(H,33,37);1-2H3. The Hall–Kier alpha value is -5.03. The quantitative estimate of drug-likeness (QED) is 0.236. The Kier molecular flexibility index (Phi) is 8.58. The van der Waals surface area contributed by atoms with Crippen molar-refractivity contribution in [1.82, 2.24) is 0 Å². The highest BCUT2D eigenvalue weighted by Crippen LogP contribution is 2.36. The largest absolute Gasteiger partial charge is 0.449 e. The molecule has 3 aromatic carbocycles. The van der Waals surface area contributed by atoms with Crippen LogP contribution in [-0.4, -0.2) is 56.0 Å². The van der Waals surface area contributed by atoms with E-state index in [0.717, 1.165) is 11.1 Å². The Bertz CT molecular complexity index is 1660. The average Bonchev–Trinajstić information content (AvgIpc) is 3.36. The third kappa shape index (κ3) is 5.72. The lowest BCUT2D eigenvalue weighted by Crippen LogP contribution is -2.37. The average molecular weight is 571 g/mol. The van der Waals surface area contributed by atoms with Gasteiger partial charge in [0.2, 0.25) is 11.9 Å². The van der Waals surface area contributed by atoms with Gasteiger partial charge < -0.3 is 29.8 Å². The number of ether oxygens (including phenoxy) is 2. The summed E-state index contributed by atoms with van der Waals surface area (Å²) in [5, 5.41) is 11.7. The Morgan fingerprint density at radius 1 is 1.07 bits per heavy atom. The van der Waals surface area contributed by atoms with E-state index in [-0.39, 0.29) is 16.7 Å². The third-order valence-corrected chi connectivity index (χ3v) is 6.60. The Labute approximate surface area is 242 Å². The van der Waals surface area contributed by atoms with Crippen molar-refractivity contribution in [2.45, 2.75) is 20.0 Å². The number of furan rings is 1. The first-order chi connectivity index (χ1) is 20.5. The van der Waals surface area contributed by atoms with Crippen LogP contribution in [0.4, 0.5) is 15.8 Å². The van der Waals surface area contributed by atoms with Gasteiger partial charge in [0, 0.05) is 24.2 Å². The van der Waals surface area contributed by atoms with Crippen LogP contribution in [-0.2, 0) is 14.3 Å². The molecule has 1 amide bonds. The zero-order valence-corrected chi connectivity index (χ0v) is 23.3. The van der Waals surface area contributed by atoms with Crippen LogP contribution < -0.4 is 16.0 Å². The van der Waals surface area contributed by atoms with E-state index in [1.165, 1.54) is 12.1 Å². The summed E-state index contributed by atoms with van der Waals surface area (Å²) in [6.07, 6.45) is -1.29. The summed E-state index contributed by atoms with van der Waals surface area (Å²) in [6.45, 7) is 5.85. The number of fused-ring (bicyclic) bond motifs is 2. The number of hydrogen-bond acceptors (Lipinski definition) is 8. The molecule has 11 heteroatoms. The molecule has 0 radical (unpaired) electrons. The summed E-state index contributed by atoms with van der Waals surface area (Å²) in [4.78, 5) is 23.8. The van der Waals surface area contributed by atoms with E-state index in [1.54, 1.807) is 12.1 Å². The zero-order valence-electron chi connectivity index (χ0n) is 23.3. The second-order valence-corrected chi connectivity index (χ2v) is 9.14. The van der Waals surface area contributed by atoms with Gasteiger partial charge in [-0.25, -0.2) is 9.38 Å². The van der Waals surface area contributed by atoms with Gasteiger partial charge in [-0.05, 0) is 18.2 Å². The molecular formula is C31H31FN6O4. The molecule has 10 nitrogen and oxygen atoms in total. The molecule has 216 valence electrons. The molecule has 1 unspecified atom stereocenters. The molecule has 1 fully saturated rings. The van der Waals surface area contributed by atoms with Gasteiger partial charge in [-0.2, -0.15) is 4.99 Å². The second-order valence-electron chi connectivity index (χ2n) is 9.14. The monoisotopic (exact) mass is 570 g/mol. The van der Waals surface area contributed by atoms with Gasteiger partial charge in [-0.1, -0.05) is 68.4 Å². The fourth-order valence-corrected chi connectivity index (χ4v) is 4.79. The number of nitrogens with one attached hydrogen (secondary N) is 2. The number of amidine groups is 1. The van der Waals surface area contributed by atoms with Crippen molar-refractivity contribution in [2.24, 2.45) is 15.7 Å². The molecule has 4 N–H and O–H groups in total. The number of para-hydroxylation sites is 1. The van der Waals surface area contributed by atoms with Gasteiger partial charge in [-0.15, -0.1) is 0 Å². The van der Waals surface area contributed by atoms with Crippen LogP contribution in [0.3, 0.4) is 0 Å². The number of benzodiazepines with no additional fused rings is 1. The number of benzene rings is 3. The Morgan fingerprint density at radius 3 is 2.55 bits per heavy atom. The number of rotatable bonds is 4. The highest BCUT2D eigenvalue weighted by Gasteiger charge is 2.29. The predicted molar refractivity (Wildman–Crippen MR) is 161 cm³/mol. The van der Waals surface area contributed by atoms with Crippen LogP contribution in [0.15, 0.2) is 87.2 Å². The van der Waals surface area contributed by atoms with Crippen molar-refractivity contribution in [3.05, 3.63) is 95.5 Å². The number of aliphatic imine (C=N–C) groups is 2. The third-order valence-electron chi connectivity index (χ3n) is 6.60. The molecule has 0 saturated carbocycles. The van der Waals surface area contributed by atoms with Crippen molar-refractivity contribution in [2.75, 3.05) is 36.5 Å². The van der Waals surface area contributed by atoms with Gasteiger partial charge in [0.15, 0.2) is 0 Å². The van der Waals surface area contributed by atoms with E-state index in [1.807, 2.05) is 67.3 Å². The van der Waals surface area contributed by atoms with E-state index in [9.17, 15) is 9.18 Å². The minimum Gasteiger partial charge on any atom is -0.449 e. The van der Waals surface area contributed by atoms with Gasteiger partial charge in [0.1, 0.15) is 17.1 Å². The molecule has 4 aromatic rings. The van der Waals surface area contributed by atoms with E-state index < -0.39 is 29.8 Å². The lowest BCUT2D eigenvalue weighted by Gasteiger charge is -2.28. The molecule has 6 rings (SSSR count). The highest BCUT2D eigenvalue weighted by molar-refractivity contribution is 6.19. The fourth-order valence-electron chi connectivity index (χ4n) is 4.79. The topological polar surface area (TPSA) is 139 Å². The lowest BCUT2D eigenvalue weighted by atomic mass is 10.0. The van der Waals surface area contributed by atoms with Crippen LogP contribution in [0.1, 0.15) is 30.7 Å². The molecule has 2 aliphatic rings. The zero-order chi connectivity index (χ0) is 29.6. The predicted octanol–water partition coefficient (Wildman–Crippen LogP) is 4.91.